The van der Waals surface area contributed by atoms with Gasteiger partial charge in [0.25, 0.3) is 0 Å². The molecule has 0 spiro atoms. The summed E-state index contributed by atoms with van der Waals surface area (Å²) in [6.07, 6.45) is 7.66. The molecule has 0 unspecified atom stereocenters. The van der Waals surface area contributed by atoms with Crippen molar-refractivity contribution in [2.24, 2.45) is 7.05 Å². The summed E-state index contributed by atoms with van der Waals surface area (Å²) in [5.74, 6) is 0.724. The maximum Gasteiger partial charge on any atom is 0.238 e. The third-order valence-corrected chi connectivity index (χ3v) is 8.04. The molecule has 1 aliphatic carbocycles. The van der Waals surface area contributed by atoms with Gasteiger partial charge in [-0.05, 0) is 66.8 Å². The van der Waals surface area contributed by atoms with Crippen LogP contribution in [0, 0.1) is 13.8 Å². The first-order chi connectivity index (χ1) is 15.1. The predicted octanol–water partition coefficient (Wildman–Crippen LogP) is 7.09. The molecule has 2 heteroatoms. The first-order valence-electron chi connectivity index (χ1n) is 11.6. The maximum absolute atomic E-state index is 2.56. The summed E-state index contributed by atoms with van der Waals surface area (Å²) in [6.45, 7) is 4.53. The molecule has 3 heterocycles. The molecule has 3 aromatic carbocycles. The summed E-state index contributed by atoms with van der Waals surface area (Å²) in [7, 11) is 2.20. The normalized spacial score (nSPS) is 15.6. The summed E-state index contributed by atoms with van der Waals surface area (Å²) >= 11 is 0. The lowest BCUT2D eigenvalue weighted by molar-refractivity contribution is -0.644. The average Bonchev–Trinajstić information content (AvgIpc) is 3.42. The van der Waals surface area contributed by atoms with Crippen molar-refractivity contribution in [1.82, 2.24) is 4.40 Å². The van der Waals surface area contributed by atoms with Gasteiger partial charge >= 0.3 is 0 Å². The molecule has 0 atom stereocenters. The Labute approximate surface area is 182 Å². The molecule has 1 saturated carbocycles. The van der Waals surface area contributed by atoms with Crippen LogP contribution in [-0.2, 0) is 7.05 Å². The van der Waals surface area contributed by atoms with Crippen LogP contribution >= 0.6 is 0 Å². The summed E-state index contributed by atoms with van der Waals surface area (Å²) in [4.78, 5) is 0. The molecular formula is C29H27N2+. The quantitative estimate of drug-likeness (QED) is 0.157. The highest BCUT2D eigenvalue weighted by atomic mass is 15.0. The van der Waals surface area contributed by atoms with E-state index in [4.69, 9.17) is 0 Å². The van der Waals surface area contributed by atoms with Crippen molar-refractivity contribution in [3.05, 3.63) is 71.4 Å². The van der Waals surface area contributed by atoms with E-state index in [0.717, 1.165) is 5.92 Å². The number of pyridine rings is 2. The predicted molar refractivity (Wildman–Crippen MR) is 130 cm³/mol. The molecule has 1 fully saturated rings. The third-order valence-electron chi connectivity index (χ3n) is 8.04. The van der Waals surface area contributed by atoms with Crippen molar-refractivity contribution in [1.29, 1.82) is 0 Å². The van der Waals surface area contributed by atoms with Crippen molar-refractivity contribution in [3.63, 3.8) is 0 Å². The van der Waals surface area contributed by atoms with Gasteiger partial charge in [-0.2, -0.15) is 4.57 Å². The Hall–Kier alpha value is -3.13. The van der Waals surface area contributed by atoms with E-state index in [1.165, 1.54) is 91.4 Å². The van der Waals surface area contributed by atoms with E-state index >= 15 is 0 Å². The number of fused-ring (bicyclic) bond motifs is 5. The van der Waals surface area contributed by atoms with Crippen LogP contribution in [0.15, 0.2) is 54.7 Å². The first kappa shape index (κ1) is 17.5. The zero-order valence-corrected chi connectivity index (χ0v) is 18.5. The fourth-order valence-corrected chi connectivity index (χ4v) is 6.38. The highest BCUT2D eigenvalue weighted by molar-refractivity contribution is 6.25. The highest BCUT2D eigenvalue weighted by Crippen LogP contribution is 2.42. The zero-order chi connectivity index (χ0) is 20.9. The fourth-order valence-electron chi connectivity index (χ4n) is 6.38. The molecule has 0 radical (unpaired) electrons. The zero-order valence-electron chi connectivity index (χ0n) is 18.5. The van der Waals surface area contributed by atoms with Gasteiger partial charge in [0.15, 0.2) is 6.20 Å². The van der Waals surface area contributed by atoms with Gasteiger partial charge in [-0.25, -0.2) is 0 Å². The minimum Gasteiger partial charge on any atom is -0.303 e. The van der Waals surface area contributed by atoms with E-state index in [1.54, 1.807) is 0 Å². The van der Waals surface area contributed by atoms with Gasteiger partial charge in [-0.1, -0.05) is 43.2 Å². The number of rotatable bonds is 1. The van der Waals surface area contributed by atoms with E-state index < -0.39 is 0 Å². The molecule has 7 rings (SSSR count). The van der Waals surface area contributed by atoms with Gasteiger partial charge in [0, 0.05) is 22.2 Å². The number of nitrogens with zero attached hydrogens (tertiary/aromatic N) is 2. The van der Waals surface area contributed by atoms with Gasteiger partial charge in [0.2, 0.25) is 5.52 Å². The van der Waals surface area contributed by atoms with Crippen LogP contribution in [0.25, 0.3) is 49.0 Å². The van der Waals surface area contributed by atoms with Gasteiger partial charge in [-0.3, -0.25) is 0 Å². The fraction of sp³-hybridized carbons (Fsp3) is 0.276. The van der Waals surface area contributed by atoms with E-state index in [9.17, 15) is 0 Å². The molecular weight excluding hydrogens is 376 g/mol. The number of benzene rings is 3. The number of aryl methyl sites for hydroxylation is 3. The molecule has 152 valence electrons. The average molecular weight is 404 g/mol. The molecule has 6 aromatic rings. The van der Waals surface area contributed by atoms with Crippen LogP contribution in [-0.4, -0.2) is 4.40 Å². The second-order valence-electron chi connectivity index (χ2n) is 9.70. The summed E-state index contributed by atoms with van der Waals surface area (Å²) in [5, 5.41) is 6.88. The van der Waals surface area contributed by atoms with E-state index in [2.05, 4.69) is 84.6 Å². The van der Waals surface area contributed by atoms with Crippen LogP contribution in [0.2, 0.25) is 0 Å². The lowest BCUT2D eigenvalue weighted by Gasteiger charge is -2.15. The Morgan fingerprint density at radius 3 is 2.55 bits per heavy atom. The highest BCUT2D eigenvalue weighted by Gasteiger charge is 2.25. The number of hydrogen-bond donors (Lipinski definition) is 0. The number of aromatic nitrogens is 2. The smallest absolute Gasteiger partial charge is 0.238 e. The lowest BCUT2D eigenvalue weighted by Crippen LogP contribution is -2.29. The molecule has 1 aliphatic rings. The molecule has 3 aromatic heterocycles. The SMILES string of the molecule is Cc1cc2cccc3c2c(c1C)c1c2c(cc[n+]1C)c1ccc(C4CCCC4)cc1n32. The van der Waals surface area contributed by atoms with Crippen molar-refractivity contribution in [3.8, 4) is 0 Å². The maximum atomic E-state index is 2.56. The van der Waals surface area contributed by atoms with Crippen LogP contribution in [0.1, 0.15) is 48.3 Å². The second kappa shape index (κ2) is 5.97. The van der Waals surface area contributed by atoms with E-state index in [1.807, 2.05) is 0 Å². The van der Waals surface area contributed by atoms with Crippen molar-refractivity contribution >= 4 is 49.0 Å². The Balaban J connectivity index is 1.79. The van der Waals surface area contributed by atoms with Crippen LogP contribution in [0.3, 0.4) is 0 Å². The van der Waals surface area contributed by atoms with Gasteiger partial charge in [0.1, 0.15) is 12.6 Å². The second-order valence-corrected chi connectivity index (χ2v) is 9.70. The van der Waals surface area contributed by atoms with Gasteiger partial charge in [-0.15, -0.1) is 0 Å². The van der Waals surface area contributed by atoms with Gasteiger partial charge in [0.05, 0.1) is 16.4 Å². The Bertz CT molecular complexity index is 1660. The summed E-state index contributed by atoms with van der Waals surface area (Å²) in [5.41, 5.74) is 9.68. The summed E-state index contributed by atoms with van der Waals surface area (Å²) < 4.78 is 4.88. The Morgan fingerprint density at radius 2 is 1.71 bits per heavy atom. The molecule has 0 amide bonds. The number of hydrogen-bond acceptors (Lipinski definition) is 0. The lowest BCUT2D eigenvalue weighted by atomic mass is 9.94. The monoisotopic (exact) mass is 403 g/mol. The van der Waals surface area contributed by atoms with Crippen molar-refractivity contribution in [2.75, 3.05) is 0 Å². The van der Waals surface area contributed by atoms with Crippen LogP contribution < -0.4 is 4.57 Å². The minimum atomic E-state index is 0.724. The minimum absolute atomic E-state index is 0.724. The first-order valence-corrected chi connectivity index (χ1v) is 11.6. The topological polar surface area (TPSA) is 8.29 Å². The summed E-state index contributed by atoms with van der Waals surface area (Å²) in [6, 6.07) is 18.8. The standard InChI is InChI=1S/C29H27N2/c1-17-15-21-9-6-10-24-27(21)26(18(17)2)29-28-23(13-14-30(29)3)22-12-11-20(16-25(22)31(24)28)19-7-4-5-8-19/h6,9-16,19H,4-5,7-8H2,1-3H3/q+1. The Morgan fingerprint density at radius 1 is 0.871 bits per heavy atom. The molecule has 0 saturated heterocycles. The van der Waals surface area contributed by atoms with Crippen LogP contribution in [0.5, 0.6) is 0 Å². The molecule has 0 aliphatic heterocycles. The van der Waals surface area contributed by atoms with Crippen LogP contribution in [0.4, 0.5) is 0 Å². The molecule has 0 N–H and O–H groups in total. The van der Waals surface area contributed by atoms with Crippen molar-refractivity contribution in [2.45, 2.75) is 45.4 Å². The van der Waals surface area contributed by atoms with E-state index in [0.29, 0.717) is 0 Å². The third kappa shape index (κ3) is 2.15. The molecule has 31 heavy (non-hydrogen) atoms. The molecule has 0 bridgehead atoms. The van der Waals surface area contributed by atoms with E-state index in [-0.39, 0.29) is 0 Å². The molecule has 2 nitrogen and oxygen atoms in total. The Kier molecular flexibility index (Phi) is 3.38. The van der Waals surface area contributed by atoms with Gasteiger partial charge < -0.3 is 4.40 Å². The largest absolute Gasteiger partial charge is 0.303 e. The van der Waals surface area contributed by atoms with Crippen molar-refractivity contribution < 1.29 is 4.57 Å².